The van der Waals surface area contributed by atoms with E-state index in [-0.39, 0.29) is 5.75 Å². The number of hydrogen-bond donors (Lipinski definition) is 2. The van der Waals surface area contributed by atoms with Crippen molar-refractivity contribution in [2.24, 2.45) is 0 Å². The van der Waals surface area contributed by atoms with E-state index >= 15 is 0 Å². The fourth-order valence-corrected chi connectivity index (χ4v) is 2.06. The summed E-state index contributed by atoms with van der Waals surface area (Å²) in [6.07, 6.45) is 0. The lowest BCUT2D eigenvalue weighted by Crippen LogP contribution is -2.11. The van der Waals surface area contributed by atoms with E-state index in [1.165, 1.54) is 6.07 Å². The molecule has 0 spiro atoms. The van der Waals surface area contributed by atoms with Crippen LogP contribution in [0.4, 0.5) is 27.1 Å². The van der Waals surface area contributed by atoms with Crippen LogP contribution in [0.25, 0.3) is 0 Å². The second-order valence-corrected chi connectivity index (χ2v) is 4.84. The largest absolute Gasteiger partial charge is 0.491 e. The first-order valence-electron chi connectivity index (χ1n) is 6.78. The number of nitrogens with two attached hydrogens (primary N) is 1. The van der Waals surface area contributed by atoms with E-state index in [2.05, 4.69) is 5.32 Å². The molecule has 5 heteroatoms. The summed E-state index contributed by atoms with van der Waals surface area (Å²) in [7, 11) is 3.92. The van der Waals surface area contributed by atoms with E-state index in [1.807, 2.05) is 50.2 Å². The molecule has 21 heavy (non-hydrogen) atoms. The van der Waals surface area contributed by atoms with Crippen molar-refractivity contribution >= 4 is 22.7 Å². The molecule has 0 radical (unpaired) electrons. The minimum absolute atomic E-state index is 0.191. The minimum atomic E-state index is -0.458. The van der Waals surface area contributed by atoms with Crippen molar-refractivity contribution in [3.8, 4) is 5.75 Å². The number of anilines is 4. The average molecular weight is 289 g/mol. The van der Waals surface area contributed by atoms with Gasteiger partial charge < -0.3 is 20.7 Å². The monoisotopic (exact) mass is 289 g/mol. The van der Waals surface area contributed by atoms with Crippen molar-refractivity contribution in [2.75, 3.05) is 36.7 Å². The molecule has 0 heterocycles. The Kier molecular flexibility index (Phi) is 4.52. The summed E-state index contributed by atoms with van der Waals surface area (Å²) in [4.78, 5) is 1.99. The van der Waals surface area contributed by atoms with Crippen LogP contribution in [-0.2, 0) is 0 Å². The molecule has 112 valence electrons. The zero-order valence-corrected chi connectivity index (χ0v) is 12.5. The van der Waals surface area contributed by atoms with Gasteiger partial charge in [-0.1, -0.05) is 12.1 Å². The smallest absolute Gasteiger partial charge is 0.167 e. The van der Waals surface area contributed by atoms with Gasteiger partial charge in [-0.05, 0) is 19.1 Å². The van der Waals surface area contributed by atoms with Crippen molar-refractivity contribution in [2.45, 2.75) is 6.92 Å². The number of rotatable bonds is 5. The van der Waals surface area contributed by atoms with E-state index in [0.29, 0.717) is 18.0 Å². The number of benzene rings is 2. The maximum atomic E-state index is 13.7. The summed E-state index contributed by atoms with van der Waals surface area (Å²) in [6.45, 7) is 2.21. The molecule has 2 rings (SSSR count). The number of nitrogens with zero attached hydrogens (tertiary/aromatic N) is 1. The van der Waals surface area contributed by atoms with Crippen LogP contribution in [0.1, 0.15) is 6.92 Å². The first kappa shape index (κ1) is 15.0. The van der Waals surface area contributed by atoms with Crippen LogP contribution in [-0.4, -0.2) is 20.7 Å². The quantitative estimate of drug-likeness (QED) is 0.825. The molecule has 4 nitrogen and oxygen atoms in total. The van der Waals surface area contributed by atoms with Gasteiger partial charge in [0, 0.05) is 26.2 Å². The Morgan fingerprint density at radius 3 is 2.57 bits per heavy atom. The summed E-state index contributed by atoms with van der Waals surface area (Å²) in [5.41, 5.74) is 8.75. The maximum absolute atomic E-state index is 13.7. The highest BCUT2D eigenvalue weighted by molar-refractivity contribution is 5.80. The molecule has 0 aliphatic heterocycles. The molecule has 0 amide bonds. The van der Waals surface area contributed by atoms with E-state index in [9.17, 15) is 4.39 Å². The zero-order chi connectivity index (χ0) is 15.4. The van der Waals surface area contributed by atoms with Gasteiger partial charge in [0.05, 0.1) is 29.4 Å². The standard InChI is InChI=1S/C16H20FN3O/c1-4-21-16-10-14(12(18)9-11(16)17)19-13-7-5-6-8-15(13)20(2)3/h5-10,19H,4,18H2,1-3H3. The Morgan fingerprint density at radius 1 is 1.19 bits per heavy atom. The van der Waals surface area contributed by atoms with Gasteiger partial charge in [-0.15, -0.1) is 0 Å². The van der Waals surface area contributed by atoms with E-state index in [1.54, 1.807) is 6.07 Å². The molecular formula is C16H20FN3O. The molecule has 0 atom stereocenters. The third-order valence-corrected chi connectivity index (χ3v) is 3.06. The van der Waals surface area contributed by atoms with E-state index in [0.717, 1.165) is 11.4 Å². The number of ether oxygens (including phenoxy) is 1. The van der Waals surface area contributed by atoms with Gasteiger partial charge in [0.25, 0.3) is 0 Å². The van der Waals surface area contributed by atoms with E-state index in [4.69, 9.17) is 10.5 Å². The summed E-state index contributed by atoms with van der Waals surface area (Å²) in [5.74, 6) is -0.266. The van der Waals surface area contributed by atoms with Crippen LogP contribution < -0.4 is 20.7 Å². The second kappa shape index (κ2) is 6.35. The van der Waals surface area contributed by atoms with Crippen LogP contribution in [0.3, 0.4) is 0 Å². The van der Waals surface area contributed by atoms with Crippen molar-refractivity contribution in [3.05, 3.63) is 42.2 Å². The number of nitrogen functional groups attached to an aromatic ring is 1. The van der Waals surface area contributed by atoms with Crippen LogP contribution in [0.2, 0.25) is 0 Å². The third-order valence-electron chi connectivity index (χ3n) is 3.06. The molecule has 0 aliphatic carbocycles. The van der Waals surface area contributed by atoms with Crippen molar-refractivity contribution in [1.82, 2.24) is 0 Å². The van der Waals surface area contributed by atoms with Gasteiger partial charge >= 0.3 is 0 Å². The number of hydrogen-bond acceptors (Lipinski definition) is 4. The minimum Gasteiger partial charge on any atom is -0.491 e. The highest BCUT2D eigenvalue weighted by atomic mass is 19.1. The molecule has 3 N–H and O–H groups in total. The number of halogens is 1. The summed E-state index contributed by atoms with van der Waals surface area (Å²) < 4.78 is 19.0. The van der Waals surface area contributed by atoms with Gasteiger partial charge in [-0.3, -0.25) is 0 Å². The Morgan fingerprint density at radius 2 is 1.90 bits per heavy atom. The van der Waals surface area contributed by atoms with Gasteiger partial charge in [-0.2, -0.15) is 0 Å². The van der Waals surface area contributed by atoms with Crippen LogP contribution in [0, 0.1) is 5.82 Å². The molecule has 0 saturated heterocycles. The zero-order valence-electron chi connectivity index (χ0n) is 12.5. The Hall–Kier alpha value is -2.43. The number of para-hydroxylation sites is 2. The molecule has 2 aromatic rings. The van der Waals surface area contributed by atoms with Crippen molar-refractivity contribution in [3.63, 3.8) is 0 Å². The molecule has 0 aliphatic rings. The first-order valence-corrected chi connectivity index (χ1v) is 6.78. The third kappa shape index (κ3) is 3.37. The van der Waals surface area contributed by atoms with E-state index < -0.39 is 5.82 Å². The lowest BCUT2D eigenvalue weighted by molar-refractivity contribution is 0.322. The average Bonchev–Trinajstić information content (AvgIpc) is 2.44. The SMILES string of the molecule is CCOc1cc(Nc2ccccc2N(C)C)c(N)cc1F. The van der Waals surface area contributed by atoms with Crippen LogP contribution in [0.15, 0.2) is 36.4 Å². The first-order chi connectivity index (χ1) is 10.0. The Balaban J connectivity index is 2.38. The summed E-state index contributed by atoms with van der Waals surface area (Å²) >= 11 is 0. The van der Waals surface area contributed by atoms with Crippen molar-refractivity contribution < 1.29 is 9.13 Å². The topological polar surface area (TPSA) is 50.5 Å². The van der Waals surface area contributed by atoms with Gasteiger partial charge in [0.15, 0.2) is 11.6 Å². The highest BCUT2D eigenvalue weighted by Crippen LogP contribution is 2.33. The summed E-state index contributed by atoms with van der Waals surface area (Å²) in [6, 6.07) is 10.7. The van der Waals surface area contributed by atoms with Gasteiger partial charge in [-0.25, -0.2) is 4.39 Å². The fourth-order valence-electron chi connectivity index (χ4n) is 2.06. The lowest BCUT2D eigenvalue weighted by Gasteiger charge is -2.19. The maximum Gasteiger partial charge on any atom is 0.167 e. The fraction of sp³-hybridized carbons (Fsp3) is 0.250. The normalized spacial score (nSPS) is 10.3. The highest BCUT2D eigenvalue weighted by Gasteiger charge is 2.11. The van der Waals surface area contributed by atoms with Gasteiger partial charge in [0.2, 0.25) is 0 Å². The predicted octanol–water partition coefficient (Wildman–Crippen LogP) is 3.62. The predicted molar refractivity (Wildman–Crippen MR) is 86.0 cm³/mol. The lowest BCUT2D eigenvalue weighted by atomic mass is 10.2. The molecular weight excluding hydrogens is 269 g/mol. The van der Waals surface area contributed by atoms with Crippen LogP contribution in [0.5, 0.6) is 5.75 Å². The molecule has 0 aromatic heterocycles. The molecule has 0 fully saturated rings. The van der Waals surface area contributed by atoms with Crippen molar-refractivity contribution in [1.29, 1.82) is 0 Å². The molecule has 0 saturated carbocycles. The second-order valence-electron chi connectivity index (χ2n) is 4.84. The molecule has 0 bridgehead atoms. The molecule has 2 aromatic carbocycles. The Bertz CT molecular complexity index is 629. The molecule has 0 unspecified atom stereocenters. The Labute approximate surface area is 124 Å². The van der Waals surface area contributed by atoms with Crippen LogP contribution >= 0.6 is 0 Å². The number of nitrogens with one attached hydrogen (secondary N) is 1. The van der Waals surface area contributed by atoms with Gasteiger partial charge in [0.1, 0.15) is 0 Å². The summed E-state index contributed by atoms with van der Waals surface area (Å²) in [5, 5.41) is 3.23.